The molecule has 2 N–H and O–H groups in total. The number of carbonyl (C=O) groups excluding carboxylic acids is 2. The minimum Gasteiger partial charge on any atom is -0.493 e. The SMILES string of the molecule is CCOC(=O)c1ccc(N)cc1OCCCC(=O)OC. The topological polar surface area (TPSA) is 87.9 Å². The predicted molar refractivity (Wildman–Crippen MR) is 73.6 cm³/mol. The van der Waals surface area contributed by atoms with Gasteiger partial charge in [0.1, 0.15) is 11.3 Å². The van der Waals surface area contributed by atoms with Crippen LogP contribution in [0.15, 0.2) is 18.2 Å². The highest BCUT2D eigenvalue weighted by Gasteiger charge is 2.14. The molecule has 110 valence electrons. The minimum absolute atomic E-state index is 0.257. The molecule has 0 amide bonds. The van der Waals surface area contributed by atoms with Crippen LogP contribution in [0.1, 0.15) is 30.1 Å². The van der Waals surface area contributed by atoms with Crippen LogP contribution in [0.25, 0.3) is 0 Å². The molecule has 6 heteroatoms. The van der Waals surface area contributed by atoms with Crippen LogP contribution in [0.4, 0.5) is 5.69 Å². The molecule has 1 rings (SSSR count). The van der Waals surface area contributed by atoms with Crippen molar-refractivity contribution in [2.24, 2.45) is 0 Å². The molecule has 0 atom stereocenters. The van der Waals surface area contributed by atoms with Gasteiger partial charge in [0.15, 0.2) is 0 Å². The number of hydrogen-bond donors (Lipinski definition) is 1. The second kappa shape index (κ2) is 8.04. The molecule has 6 nitrogen and oxygen atoms in total. The van der Waals surface area contributed by atoms with Crippen molar-refractivity contribution in [1.29, 1.82) is 0 Å². The van der Waals surface area contributed by atoms with Gasteiger partial charge in [-0.15, -0.1) is 0 Å². The van der Waals surface area contributed by atoms with Crippen molar-refractivity contribution in [2.75, 3.05) is 26.1 Å². The molecule has 0 saturated carbocycles. The average Bonchev–Trinajstić information content (AvgIpc) is 2.43. The monoisotopic (exact) mass is 281 g/mol. The van der Waals surface area contributed by atoms with Gasteiger partial charge >= 0.3 is 11.9 Å². The lowest BCUT2D eigenvalue weighted by Gasteiger charge is -2.11. The van der Waals surface area contributed by atoms with Gasteiger partial charge in [-0.25, -0.2) is 4.79 Å². The Morgan fingerprint density at radius 2 is 2.05 bits per heavy atom. The van der Waals surface area contributed by atoms with Crippen LogP contribution >= 0.6 is 0 Å². The van der Waals surface area contributed by atoms with E-state index in [0.717, 1.165) is 0 Å². The van der Waals surface area contributed by atoms with E-state index in [4.69, 9.17) is 15.2 Å². The van der Waals surface area contributed by atoms with E-state index in [1.165, 1.54) is 7.11 Å². The first-order valence-electron chi connectivity index (χ1n) is 6.34. The van der Waals surface area contributed by atoms with Crippen molar-refractivity contribution >= 4 is 17.6 Å². The Kier molecular flexibility index (Phi) is 6.36. The zero-order valence-corrected chi connectivity index (χ0v) is 11.7. The summed E-state index contributed by atoms with van der Waals surface area (Å²) < 4.78 is 15.0. The zero-order valence-electron chi connectivity index (χ0n) is 11.7. The van der Waals surface area contributed by atoms with Gasteiger partial charge in [-0.3, -0.25) is 4.79 Å². The summed E-state index contributed by atoms with van der Waals surface area (Å²) in [6, 6.07) is 4.72. The molecule has 20 heavy (non-hydrogen) atoms. The fraction of sp³-hybridized carbons (Fsp3) is 0.429. The van der Waals surface area contributed by atoms with Crippen molar-refractivity contribution in [2.45, 2.75) is 19.8 Å². The first-order chi connectivity index (χ1) is 9.58. The van der Waals surface area contributed by atoms with Crippen LogP contribution in [0.5, 0.6) is 5.75 Å². The maximum atomic E-state index is 11.7. The maximum Gasteiger partial charge on any atom is 0.341 e. The maximum absolute atomic E-state index is 11.7. The molecule has 0 radical (unpaired) electrons. The van der Waals surface area contributed by atoms with Crippen LogP contribution in [-0.2, 0) is 14.3 Å². The first kappa shape index (κ1) is 15.8. The van der Waals surface area contributed by atoms with Gasteiger partial charge in [-0.05, 0) is 25.5 Å². The molecule has 0 bridgehead atoms. The van der Waals surface area contributed by atoms with Gasteiger partial charge in [0.25, 0.3) is 0 Å². The van der Waals surface area contributed by atoms with Gasteiger partial charge < -0.3 is 19.9 Å². The van der Waals surface area contributed by atoms with E-state index in [1.807, 2.05) is 0 Å². The number of rotatable bonds is 7. The highest BCUT2D eigenvalue weighted by molar-refractivity contribution is 5.93. The summed E-state index contributed by atoms with van der Waals surface area (Å²) in [5.74, 6) is -0.407. The number of carbonyl (C=O) groups is 2. The smallest absolute Gasteiger partial charge is 0.341 e. The Bertz CT molecular complexity index is 473. The lowest BCUT2D eigenvalue weighted by atomic mass is 10.2. The van der Waals surface area contributed by atoms with Crippen LogP contribution < -0.4 is 10.5 Å². The van der Waals surface area contributed by atoms with E-state index in [9.17, 15) is 9.59 Å². The highest BCUT2D eigenvalue weighted by Crippen LogP contribution is 2.23. The molecule has 0 aliphatic rings. The van der Waals surface area contributed by atoms with Crippen molar-refractivity contribution in [1.82, 2.24) is 0 Å². The van der Waals surface area contributed by atoms with Crippen molar-refractivity contribution in [3.63, 3.8) is 0 Å². The molecule has 0 unspecified atom stereocenters. The van der Waals surface area contributed by atoms with Crippen LogP contribution in [0.2, 0.25) is 0 Å². The lowest BCUT2D eigenvalue weighted by Crippen LogP contribution is -2.10. The van der Waals surface area contributed by atoms with E-state index < -0.39 is 5.97 Å². The largest absolute Gasteiger partial charge is 0.493 e. The second-order valence-corrected chi connectivity index (χ2v) is 4.00. The number of nitrogen functional groups attached to an aromatic ring is 1. The van der Waals surface area contributed by atoms with Gasteiger partial charge in [0, 0.05) is 18.2 Å². The standard InChI is InChI=1S/C14H19NO5/c1-3-19-14(17)11-7-6-10(15)9-12(11)20-8-4-5-13(16)18-2/h6-7,9H,3-5,8,15H2,1-2H3. The number of benzene rings is 1. The minimum atomic E-state index is -0.463. The van der Waals surface area contributed by atoms with E-state index in [-0.39, 0.29) is 25.6 Å². The Balaban J connectivity index is 2.65. The number of methoxy groups -OCH3 is 1. The predicted octanol–water partition coefficient (Wildman–Crippen LogP) is 1.78. The van der Waals surface area contributed by atoms with Gasteiger partial charge in [-0.2, -0.15) is 0 Å². The Morgan fingerprint density at radius 3 is 2.70 bits per heavy atom. The lowest BCUT2D eigenvalue weighted by molar-refractivity contribution is -0.140. The van der Waals surface area contributed by atoms with Gasteiger partial charge in [0.2, 0.25) is 0 Å². The van der Waals surface area contributed by atoms with E-state index in [2.05, 4.69) is 4.74 Å². The van der Waals surface area contributed by atoms with Gasteiger partial charge in [0.05, 0.1) is 20.3 Å². The van der Waals surface area contributed by atoms with Crippen molar-refractivity contribution < 1.29 is 23.8 Å². The van der Waals surface area contributed by atoms with Crippen molar-refractivity contribution in [3.05, 3.63) is 23.8 Å². The third-order valence-corrected chi connectivity index (χ3v) is 2.51. The molecule has 0 fully saturated rings. The normalized spacial score (nSPS) is 9.90. The molecule has 0 spiro atoms. The number of anilines is 1. The molecule has 0 aromatic heterocycles. The number of hydrogen-bond acceptors (Lipinski definition) is 6. The summed E-state index contributed by atoms with van der Waals surface area (Å²) in [5.41, 5.74) is 6.48. The van der Waals surface area contributed by atoms with Crippen molar-refractivity contribution in [3.8, 4) is 5.75 Å². The van der Waals surface area contributed by atoms with Crippen LogP contribution in [-0.4, -0.2) is 32.3 Å². The van der Waals surface area contributed by atoms with E-state index >= 15 is 0 Å². The summed E-state index contributed by atoms with van der Waals surface area (Å²) in [5, 5.41) is 0. The third-order valence-electron chi connectivity index (χ3n) is 2.51. The van der Waals surface area contributed by atoms with Gasteiger partial charge in [-0.1, -0.05) is 0 Å². The summed E-state index contributed by atoms with van der Waals surface area (Å²) >= 11 is 0. The fourth-order valence-electron chi connectivity index (χ4n) is 1.54. The molecule has 0 aliphatic carbocycles. The summed E-state index contributed by atoms with van der Waals surface area (Å²) in [6.45, 7) is 2.29. The quantitative estimate of drug-likeness (QED) is 0.465. The Labute approximate surface area is 117 Å². The number of nitrogens with two attached hydrogens (primary N) is 1. The first-order valence-corrected chi connectivity index (χ1v) is 6.34. The fourth-order valence-corrected chi connectivity index (χ4v) is 1.54. The summed E-state index contributed by atoms with van der Waals surface area (Å²) in [7, 11) is 1.33. The molecular weight excluding hydrogens is 262 g/mol. The summed E-state index contributed by atoms with van der Waals surface area (Å²) in [4.78, 5) is 22.7. The molecule has 0 heterocycles. The van der Waals surface area contributed by atoms with E-state index in [1.54, 1.807) is 25.1 Å². The molecule has 1 aromatic carbocycles. The highest BCUT2D eigenvalue weighted by atomic mass is 16.5. The Morgan fingerprint density at radius 1 is 1.30 bits per heavy atom. The second-order valence-electron chi connectivity index (χ2n) is 4.00. The third kappa shape index (κ3) is 4.79. The molecule has 0 aliphatic heterocycles. The Hall–Kier alpha value is -2.24. The summed E-state index contributed by atoms with van der Waals surface area (Å²) in [6.07, 6.45) is 0.747. The van der Waals surface area contributed by atoms with Crippen LogP contribution in [0.3, 0.4) is 0 Å². The molecule has 1 aromatic rings. The number of esters is 2. The van der Waals surface area contributed by atoms with E-state index in [0.29, 0.717) is 23.4 Å². The zero-order chi connectivity index (χ0) is 15.0. The molecular formula is C14H19NO5. The van der Waals surface area contributed by atoms with Crippen LogP contribution in [0, 0.1) is 0 Å². The number of ether oxygens (including phenoxy) is 3. The average molecular weight is 281 g/mol. The molecule has 0 saturated heterocycles.